The molecule has 0 bridgehead atoms. The minimum atomic E-state index is -1.68. The van der Waals surface area contributed by atoms with Crippen molar-refractivity contribution in [3.63, 3.8) is 0 Å². The van der Waals surface area contributed by atoms with Gasteiger partial charge in [0.1, 0.15) is 0 Å². The van der Waals surface area contributed by atoms with Crippen molar-refractivity contribution >= 4 is 28.9 Å². The Kier molecular flexibility index (Phi) is 5.55. The highest BCUT2D eigenvalue weighted by molar-refractivity contribution is 7.10. The summed E-state index contributed by atoms with van der Waals surface area (Å²) in [4.78, 5) is 25.7. The Morgan fingerprint density at radius 3 is 2.74 bits per heavy atom. The molecule has 1 N–H and O–H groups in total. The summed E-state index contributed by atoms with van der Waals surface area (Å²) in [6.45, 7) is 3.48. The number of benzene rings is 1. The highest BCUT2D eigenvalue weighted by Gasteiger charge is 2.27. The van der Waals surface area contributed by atoms with Crippen LogP contribution in [0.25, 0.3) is 0 Å². The van der Waals surface area contributed by atoms with Gasteiger partial charge in [-0.2, -0.15) is 0 Å². The van der Waals surface area contributed by atoms with E-state index in [1.54, 1.807) is 5.38 Å². The molecular formula is C19H18F3NO3S. The number of hydrogen-bond acceptors (Lipinski definition) is 4. The van der Waals surface area contributed by atoms with E-state index in [-0.39, 0.29) is 0 Å². The van der Waals surface area contributed by atoms with E-state index in [1.165, 1.54) is 18.3 Å². The maximum atomic E-state index is 13.7. The van der Waals surface area contributed by atoms with Crippen LogP contribution < -0.4 is 5.32 Å². The highest BCUT2D eigenvalue weighted by Crippen LogP contribution is 2.33. The molecule has 1 amide bonds. The standard InChI is InChI=1S/C19H18F3NO3S/c1-9-3-4-11-12(8-27-15(11)7-9)19(25)26-10(2)18(24)23-14-6-5-13(20)16(21)17(14)22/h5-6,8-10H,3-4,7H2,1-2H3,(H,23,24). The molecule has 27 heavy (non-hydrogen) atoms. The van der Waals surface area contributed by atoms with Crippen LogP contribution in [0.3, 0.4) is 0 Å². The summed E-state index contributed by atoms with van der Waals surface area (Å²) in [6.07, 6.45) is 1.45. The van der Waals surface area contributed by atoms with Crippen molar-refractivity contribution in [1.82, 2.24) is 0 Å². The molecule has 0 saturated carbocycles. The number of anilines is 1. The van der Waals surface area contributed by atoms with Crippen molar-refractivity contribution in [3.8, 4) is 0 Å². The molecule has 144 valence electrons. The van der Waals surface area contributed by atoms with Crippen LogP contribution in [-0.4, -0.2) is 18.0 Å². The van der Waals surface area contributed by atoms with Crippen LogP contribution in [0.5, 0.6) is 0 Å². The monoisotopic (exact) mass is 397 g/mol. The lowest BCUT2D eigenvalue weighted by atomic mass is 9.88. The van der Waals surface area contributed by atoms with Crippen molar-refractivity contribution in [1.29, 1.82) is 0 Å². The van der Waals surface area contributed by atoms with Crippen molar-refractivity contribution in [2.45, 2.75) is 39.2 Å². The first kappa shape index (κ1) is 19.4. The van der Waals surface area contributed by atoms with Crippen LogP contribution >= 0.6 is 11.3 Å². The highest BCUT2D eigenvalue weighted by atomic mass is 32.1. The molecule has 1 heterocycles. The van der Waals surface area contributed by atoms with Gasteiger partial charge < -0.3 is 10.1 Å². The summed E-state index contributed by atoms with van der Waals surface area (Å²) in [5.41, 5.74) is 0.881. The topological polar surface area (TPSA) is 55.4 Å². The number of halogens is 3. The third kappa shape index (κ3) is 4.00. The number of carbonyl (C=O) groups excluding carboxylic acids is 2. The molecule has 0 fully saturated rings. The Hall–Kier alpha value is -2.35. The number of nitrogens with one attached hydrogen (secondary N) is 1. The van der Waals surface area contributed by atoms with Gasteiger partial charge >= 0.3 is 5.97 Å². The first-order valence-electron chi connectivity index (χ1n) is 8.52. The number of ether oxygens (including phenoxy) is 1. The number of amides is 1. The third-order valence-electron chi connectivity index (χ3n) is 4.57. The SMILES string of the molecule is CC1CCc2c(C(=O)OC(C)C(=O)Nc3ccc(F)c(F)c3F)csc2C1. The fraction of sp³-hybridized carbons (Fsp3) is 0.368. The van der Waals surface area contributed by atoms with Gasteiger partial charge in [-0.3, -0.25) is 4.79 Å². The van der Waals surface area contributed by atoms with E-state index < -0.39 is 41.1 Å². The molecule has 1 aliphatic rings. The average molecular weight is 397 g/mol. The lowest BCUT2D eigenvalue weighted by Crippen LogP contribution is -2.30. The number of fused-ring (bicyclic) bond motifs is 1. The van der Waals surface area contributed by atoms with Crippen LogP contribution in [0.4, 0.5) is 18.9 Å². The molecule has 1 aliphatic carbocycles. The van der Waals surface area contributed by atoms with Crippen molar-refractivity contribution < 1.29 is 27.5 Å². The summed E-state index contributed by atoms with van der Waals surface area (Å²) >= 11 is 1.50. The molecule has 0 spiro atoms. The van der Waals surface area contributed by atoms with Gasteiger partial charge in [0.25, 0.3) is 5.91 Å². The van der Waals surface area contributed by atoms with Crippen LogP contribution in [0.2, 0.25) is 0 Å². The van der Waals surface area contributed by atoms with E-state index in [4.69, 9.17) is 4.74 Å². The number of esters is 1. The lowest BCUT2D eigenvalue weighted by Gasteiger charge is -2.19. The molecule has 4 nitrogen and oxygen atoms in total. The van der Waals surface area contributed by atoms with Crippen molar-refractivity contribution in [2.24, 2.45) is 5.92 Å². The number of rotatable bonds is 4. The molecule has 3 rings (SSSR count). The second-order valence-corrected chi connectivity index (χ2v) is 7.62. The molecule has 0 radical (unpaired) electrons. The van der Waals surface area contributed by atoms with Gasteiger partial charge in [-0.15, -0.1) is 11.3 Å². The number of thiophene rings is 1. The fourth-order valence-corrected chi connectivity index (χ4v) is 4.22. The second-order valence-electron chi connectivity index (χ2n) is 6.66. The zero-order valence-electron chi connectivity index (χ0n) is 14.8. The Bertz CT molecular complexity index is 897. The Labute approximate surface area is 158 Å². The maximum Gasteiger partial charge on any atom is 0.340 e. The molecule has 2 unspecified atom stereocenters. The van der Waals surface area contributed by atoms with Crippen LogP contribution in [0, 0.1) is 23.4 Å². The minimum absolute atomic E-state index is 0.445. The zero-order chi connectivity index (χ0) is 19.7. The average Bonchev–Trinajstić information content (AvgIpc) is 3.05. The molecule has 0 saturated heterocycles. The van der Waals surface area contributed by atoms with Gasteiger partial charge in [0, 0.05) is 10.3 Å². The summed E-state index contributed by atoms with van der Waals surface area (Å²) in [7, 11) is 0. The normalized spacial score (nSPS) is 17.1. The summed E-state index contributed by atoms with van der Waals surface area (Å²) in [6, 6.07) is 1.60. The molecule has 2 aromatic rings. The Balaban J connectivity index is 1.67. The molecule has 1 aromatic carbocycles. The van der Waals surface area contributed by atoms with Crippen molar-refractivity contribution in [3.05, 3.63) is 51.0 Å². The molecule has 0 aliphatic heterocycles. The fourth-order valence-electron chi connectivity index (χ4n) is 2.98. The van der Waals surface area contributed by atoms with Gasteiger partial charge in [-0.25, -0.2) is 18.0 Å². The quantitative estimate of drug-likeness (QED) is 0.612. The number of carbonyl (C=O) groups is 2. The third-order valence-corrected chi connectivity index (χ3v) is 5.62. The first-order valence-corrected chi connectivity index (χ1v) is 9.40. The van der Waals surface area contributed by atoms with Crippen LogP contribution in [0.15, 0.2) is 17.5 Å². The number of hydrogen-bond donors (Lipinski definition) is 1. The lowest BCUT2D eigenvalue weighted by molar-refractivity contribution is -0.123. The van der Waals surface area contributed by atoms with Gasteiger partial charge in [0.2, 0.25) is 0 Å². The van der Waals surface area contributed by atoms with Gasteiger partial charge in [0.05, 0.1) is 11.3 Å². The predicted molar refractivity (Wildman–Crippen MR) is 95.3 cm³/mol. The van der Waals surface area contributed by atoms with E-state index >= 15 is 0 Å². The molecule has 2 atom stereocenters. The van der Waals surface area contributed by atoms with Crippen LogP contribution in [-0.2, 0) is 22.4 Å². The van der Waals surface area contributed by atoms with E-state index in [0.29, 0.717) is 17.5 Å². The van der Waals surface area contributed by atoms with Crippen molar-refractivity contribution in [2.75, 3.05) is 5.32 Å². The zero-order valence-corrected chi connectivity index (χ0v) is 15.6. The Morgan fingerprint density at radius 1 is 1.26 bits per heavy atom. The molecule has 8 heteroatoms. The second kappa shape index (κ2) is 7.72. The van der Waals surface area contributed by atoms with E-state index in [0.717, 1.165) is 35.8 Å². The minimum Gasteiger partial charge on any atom is -0.449 e. The summed E-state index contributed by atoms with van der Waals surface area (Å²) < 4.78 is 45.0. The largest absolute Gasteiger partial charge is 0.449 e. The first-order chi connectivity index (χ1) is 12.8. The maximum absolute atomic E-state index is 13.7. The molecular weight excluding hydrogens is 379 g/mol. The summed E-state index contributed by atoms with van der Waals surface area (Å²) in [5.74, 6) is -5.46. The smallest absolute Gasteiger partial charge is 0.340 e. The predicted octanol–water partition coefficient (Wildman–Crippen LogP) is 4.47. The van der Waals surface area contributed by atoms with Crippen LogP contribution in [0.1, 0.15) is 41.1 Å². The van der Waals surface area contributed by atoms with Gasteiger partial charge in [0.15, 0.2) is 23.6 Å². The Morgan fingerprint density at radius 2 is 2.00 bits per heavy atom. The summed E-state index contributed by atoms with van der Waals surface area (Å²) in [5, 5.41) is 3.83. The van der Waals surface area contributed by atoms with E-state index in [1.807, 2.05) is 0 Å². The van der Waals surface area contributed by atoms with Gasteiger partial charge in [-0.05, 0) is 49.8 Å². The van der Waals surface area contributed by atoms with E-state index in [9.17, 15) is 22.8 Å². The van der Waals surface area contributed by atoms with Gasteiger partial charge in [-0.1, -0.05) is 6.92 Å². The molecule has 1 aromatic heterocycles. The van der Waals surface area contributed by atoms with E-state index in [2.05, 4.69) is 12.2 Å².